The Kier molecular flexibility index (Phi) is 7.83. The minimum Gasteiger partial charge on any atom is -0.264 e. The zero-order valence-electron chi connectivity index (χ0n) is 26.0. The van der Waals surface area contributed by atoms with Crippen LogP contribution in [0, 0.1) is 0 Å². The quantitative estimate of drug-likeness (QED) is 0.178. The first-order valence-corrected chi connectivity index (χ1v) is 15.8. The van der Waals surface area contributed by atoms with Crippen molar-refractivity contribution in [1.82, 2.24) is 24.9 Å². The summed E-state index contributed by atoms with van der Waals surface area (Å²) in [6.07, 6.45) is 7.35. The maximum Gasteiger partial charge on any atom is 0.164 e. The third-order valence-corrected chi connectivity index (χ3v) is 8.25. The highest BCUT2D eigenvalue weighted by Crippen LogP contribution is 2.35. The van der Waals surface area contributed by atoms with Gasteiger partial charge in [-0.3, -0.25) is 9.97 Å². The summed E-state index contributed by atoms with van der Waals surface area (Å²) in [5, 5.41) is 0. The second kappa shape index (κ2) is 13.0. The first-order chi connectivity index (χ1) is 23.8. The van der Waals surface area contributed by atoms with Crippen LogP contribution in [0.25, 0.3) is 78.7 Å². The molecule has 5 nitrogen and oxygen atoms in total. The van der Waals surface area contributed by atoms with Crippen molar-refractivity contribution < 1.29 is 0 Å². The summed E-state index contributed by atoms with van der Waals surface area (Å²) in [5.41, 5.74) is 11.2. The minimum atomic E-state index is 0.592. The molecule has 0 spiro atoms. The molecule has 0 aliphatic rings. The maximum absolute atomic E-state index is 5.19. The van der Waals surface area contributed by atoms with Crippen LogP contribution in [-0.2, 0) is 0 Å². The first kappa shape index (κ1) is 28.9. The number of nitrogens with zero attached hydrogens (tertiary/aromatic N) is 5. The van der Waals surface area contributed by atoms with E-state index in [2.05, 4.69) is 107 Å². The highest BCUT2D eigenvalue weighted by molar-refractivity contribution is 5.82. The van der Waals surface area contributed by atoms with Crippen molar-refractivity contribution in [3.05, 3.63) is 176 Å². The van der Waals surface area contributed by atoms with Gasteiger partial charge in [-0.25, -0.2) is 15.0 Å². The molecule has 0 N–H and O–H groups in total. The Morgan fingerprint density at radius 2 is 0.562 bits per heavy atom. The van der Waals surface area contributed by atoms with Crippen molar-refractivity contribution in [1.29, 1.82) is 0 Å². The summed E-state index contributed by atoms with van der Waals surface area (Å²) < 4.78 is 0. The highest BCUT2D eigenvalue weighted by atomic mass is 15.0. The molecule has 0 bridgehead atoms. The molecule has 3 heterocycles. The molecular weight excluding hydrogens is 587 g/mol. The van der Waals surface area contributed by atoms with Gasteiger partial charge in [0.2, 0.25) is 0 Å². The third-order valence-electron chi connectivity index (χ3n) is 8.25. The number of hydrogen-bond donors (Lipinski definition) is 0. The molecule has 0 amide bonds. The summed E-state index contributed by atoms with van der Waals surface area (Å²) in [7, 11) is 0. The fourth-order valence-electron chi connectivity index (χ4n) is 5.86. The molecule has 3 aromatic heterocycles. The molecule has 0 saturated heterocycles. The van der Waals surface area contributed by atoms with Crippen molar-refractivity contribution in [2.45, 2.75) is 0 Å². The molecular formula is C43H29N5. The maximum atomic E-state index is 5.19. The van der Waals surface area contributed by atoms with Crippen molar-refractivity contribution >= 4 is 0 Å². The Hall–Kier alpha value is -6.59. The van der Waals surface area contributed by atoms with E-state index in [0.29, 0.717) is 17.5 Å². The molecule has 0 atom stereocenters. The molecule has 0 aliphatic carbocycles. The number of pyridine rings is 2. The average Bonchev–Trinajstić information content (AvgIpc) is 3.19. The smallest absolute Gasteiger partial charge is 0.164 e. The fraction of sp³-hybridized carbons (Fsp3) is 0. The second-order valence-corrected chi connectivity index (χ2v) is 11.5. The fourth-order valence-corrected chi connectivity index (χ4v) is 5.86. The zero-order chi connectivity index (χ0) is 32.1. The van der Waals surface area contributed by atoms with Crippen LogP contribution in [0.3, 0.4) is 0 Å². The summed E-state index contributed by atoms with van der Waals surface area (Å²) in [5.74, 6) is 1.79. The van der Waals surface area contributed by atoms with Crippen LogP contribution in [0.1, 0.15) is 0 Å². The van der Waals surface area contributed by atoms with Gasteiger partial charge in [0.15, 0.2) is 17.5 Å². The molecule has 0 unspecified atom stereocenters. The van der Waals surface area contributed by atoms with E-state index in [1.165, 1.54) is 0 Å². The Bertz CT molecular complexity index is 2050. The van der Waals surface area contributed by atoms with E-state index in [0.717, 1.165) is 61.2 Å². The van der Waals surface area contributed by atoms with Gasteiger partial charge in [-0.05, 0) is 81.9 Å². The number of benzene rings is 5. The van der Waals surface area contributed by atoms with Gasteiger partial charge in [-0.15, -0.1) is 0 Å². The van der Waals surface area contributed by atoms with Crippen LogP contribution in [0.5, 0.6) is 0 Å². The lowest BCUT2D eigenvalue weighted by atomic mass is 9.96. The van der Waals surface area contributed by atoms with E-state index in [9.17, 15) is 0 Å². The van der Waals surface area contributed by atoms with E-state index >= 15 is 0 Å². The van der Waals surface area contributed by atoms with Gasteiger partial charge in [0.1, 0.15) is 0 Å². The number of rotatable bonds is 7. The standard InChI is InChI=1S/C43H29N5/c1-4-12-30(13-5-1)35-22-37(33-18-10-20-44-28-33)26-39(24-35)42-46-41(32-16-8-3-9-17-32)47-43(48-42)40-25-36(31-14-6-2-7-15-31)23-38(27-40)34-19-11-21-45-29-34/h1-29H. The SMILES string of the molecule is c1ccc(-c2cc(-c3cccnc3)cc(-c3nc(-c4ccccc4)nc(-c4cc(-c5ccccc5)cc(-c5cccnc5)c4)n3)c2)cc1. The highest BCUT2D eigenvalue weighted by Gasteiger charge is 2.16. The summed E-state index contributed by atoms with van der Waals surface area (Å²) >= 11 is 0. The Balaban J connectivity index is 1.36. The van der Waals surface area contributed by atoms with E-state index in [1.54, 1.807) is 12.4 Å². The summed E-state index contributed by atoms with van der Waals surface area (Å²) in [4.78, 5) is 24.1. The lowest BCUT2D eigenvalue weighted by molar-refractivity contribution is 1.07. The lowest BCUT2D eigenvalue weighted by Gasteiger charge is -2.14. The zero-order valence-corrected chi connectivity index (χ0v) is 26.0. The average molecular weight is 616 g/mol. The summed E-state index contributed by atoms with van der Waals surface area (Å²) in [6, 6.07) is 51.9. The molecule has 5 aromatic carbocycles. The monoisotopic (exact) mass is 615 g/mol. The number of aromatic nitrogens is 5. The van der Waals surface area contributed by atoms with Gasteiger partial charge < -0.3 is 0 Å². The van der Waals surface area contributed by atoms with Crippen molar-refractivity contribution in [2.75, 3.05) is 0 Å². The van der Waals surface area contributed by atoms with Crippen molar-refractivity contribution in [3.8, 4) is 78.7 Å². The van der Waals surface area contributed by atoms with Gasteiger partial charge >= 0.3 is 0 Å². The Morgan fingerprint density at radius 3 is 0.938 bits per heavy atom. The van der Waals surface area contributed by atoms with Crippen LogP contribution < -0.4 is 0 Å². The predicted molar refractivity (Wildman–Crippen MR) is 193 cm³/mol. The van der Waals surface area contributed by atoms with Crippen LogP contribution in [0.2, 0.25) is 0 Å². The Labute approximate surface area is 279 Å². The van der Waals surface area contributed by atoms with Crippen molar-refractivity contribution in [3.63, 3.8) is 0 Å². The number of hydrogen-bond acceptors (Lipinski definition) is 5. The molecule has 0 fully saturated rings. The molecule has 5 heteroatoms. The van der Waals surface area contributed by atoms with E-state index in [1.807, 2.05) is 67.0 Å². The third kappa shape index (κ3) is 6.13. The van der Waals surface area contributed by atoms with Gasteiger partial charge in [-0.1, -0.05) is 103 Å². The molecule has 8 aromatic rings. The van der Waals surface area contributed by atoms with Crippen molar-refractivity contribution in [2.24, 2.45) is 0 Å². The van der Waals surface area contributed by atoms with Gasteiger partial charge in [-0.2, -0.15) is 0 Å². The molecule has 0 saturated carbocycles. The van der Waals surface area contributed by atoms with Gasteiger partial charge in [0.05, 0.1) is 0 Å². The lowest BCUT2D eigenvalue weighted by Crippen LogP contribution is -2.01. The topological polar surface area (TPSA) is 64.5 Å². The molecule has 226 valence electrons. The van der Waals surface area contributed by atoms with E-state index in [4.69, 9.17) is 15.0 Å². The van der Waals surface area contributed by atoms with Crippen LogP contribution >= 0.6 is 0 Å². The molecule has 48 heavy (non-hydrogen) atoms. The normalized spacial score (nSPS) is 10.9. The predicted octanol–water partition coefficient (Wildman–Crippen LogP) is 10.3. The van der Waals surface area contributed by atoms with Gasteiger partial charge in [0, 0.05) is 52.6 Å². The van der Waals surface area contributed by atoms with Gasteiger partial charge in [0.25, 0.3) is 0 Å². The van der Waals surface area contributed by atoms with Crippen LogP contribution in [-0.4, -0.2) is 24.9 Å². The van der Waals surface area contributed by atoms with E-state index < -0.39 is 0 Å². The molecule has 0 radical (unpaired) electrons. The minimum absolute atomic E-state index is 0.592. The molecule has 0 aliphatic heterocycles. The van der Waals surface area contributed by atoms with E-state index in [-0.39, 0.29) is 0 Å². The second-order valence-electron chi connectivity index (χ2n) is 11.5. The Morgan fingerprint density at radius 1 is 0.250 bits per heavy atom. The summed E-state index contributed by atoms with van der Waals surface area (Å²) in [6.45, 7) is 0. The largest absolute Gasteiger partial charge is 0.264 e. The molecule has 8 rings (SSSR count). The van der Waals surface area contributed by atoms with Crippen LogP contribution in [0.4, 0.5) is 0 Å². The first-order valence-electron chi connectivity index (χ1n) is 15.8. The van der Waals surface area contributed by atoms with Crippen LogP contribution in [0.15, 0.2) is 176 Å².